The van der Waals surface area contributed by atoms with E-state index in [4.69, 9.17) is 4.42 Å². The van der Waals surface area contributed by atoms with Crippen molar-refractivity contribution in [3.63, 3.8) is 0 Å². The molecule has 1 heterocycles. The van der Waals surface area contributed by atoms with Crippen LogP contribution >= 0.6 is 0 Å². The van der Waals surface area contributed by atoms with Gasteiger partial charge in [-0.1, -0.05) is 42.5 Å². The molecule has 3 rings (SSSR count). The van der Waals surface area contributed by atoms with Crippen LogP contribution in [0, 0.1) is 0 Å². The van der Waals surface area contributed by atoms with Crippen LogP contribution < -0.4 is 5.63 Å². The summed E-state index contributed by atoms with van der Waals surface area (Å²) in [5.41, 5.74) is 1.84. The monoisotopic (exact) mass is 308 g/mol. The molecule has 0 atom stereocenters. The van der Waals surface area contributed by atoms with Gasteiger partial charge in [-0.05, 0) is 24.1 Å². The van der Waals surface area contributed by atoms with Gasteiger partial charge in [-0.15, -0.1) is 0 Å². The maximum absolute atomic E-state index is 11.9. The first-order chi connectivity index (χ1) is 11.1. The van der Waals surface area contributed by atoms with Crippen molar-refractivity contribution in [1.82, 2.24) is 0 Å². The second-order valence-electron chi connectivity index (χ2n) is 5.55. The second-order valence-corrected chi connectivity index (χ2v) is 5.55. The highest BCUT2D eigenvalue weighted by Gasteiger charge is 2.17. The molecule has 0 fully saturated rings. The third-order valence-corrected chi connectivity index (χ3v) is 3.76. The van der Waals surface area contributed by atoms with Crippen molar-refractivity contribution >= 4 is 16.8 Å². The van der Waals surface area contributed by atoms with Gasteiger partial charge >= 0.3 is 5.63 Å². The first-order valence-corrected chi connectivity index (χ1v) is 7.36. The summed E-state index contributed by atoms with van der Waals surface area (Å²) in [4.78, 5) is 23.4. The Hall–Kier alpha value is -2.88. The molecule has 0 aliphatic carbocycles. The number of fused-ring (bicyclic) bond motifs is 1. The topological polar surface area (TPSA) is 67.5 Å². The highest BCUT2D eigenvalue weighted by Crippen LogP contribution is 2.29. The number of ketones is 1. The Kier molecular flexibility index (Phi) is 3.98. The smallest absolute Gasteiger partial charge is 0.379 e. The molecule has 0 spiro atoms. The molecule has 0 amide bonds. The fourth-order valence-electron chi connectivity index (χ4n) is 2.78. The summed E-state index contributed by atoms with van der Waals surface area (Å²) in [6.07, 6.45) is 0.621. The van der Waals surface area contributed by atoms with Crippen LogP contribution in [0.1, 0.15) is 23.6 Å². The van der Waals surface area contributed by atoms with E-state index in [1.165, 1.54) is 6.92 Å². The number of Topliss-reactive ketones (excluding diaryl/α,β-unsaturated/α-hetero) is 1. The summed E-state index contributed by atoms with van der Waals surface area (Å²) in [6.45, 7) is 1.51. The largest absolute Gasteiger partial charge is 0.502 e. The number of carbonyl (C=O) groups is 1. The van der Waals surface area contributed by atoms with Crippen LogP contribution in [0.15, 0.2) is 57.7 Å². The third-order valence-electron chi connectivity index (χ3n) is 3.76. The molecule has 1 aromatic heterocycles. The lowest BCUT2D eigenvalue weighted by Crippen LogP contribution is -2.06. The van der Waals surface area contributed by atoms with Crippen LogP contribution in [0.5, 0.6) is 5.75 Å². The molecule has 0 aliphatic rings. The minimum atomic E-state index is -0.761. The van der Waals surface area contributed by atoms with E-state index in [9.17, 15) is 14.7 Å². The second kappa shape index (κ2) is 6.08. The van der Waals surface area contributed by atoms with Gasteiger partial charge in [0.1, 0.15) is 11.4 Å². The molecule has 23 heavy (non-hydrogen) atoms. The van der Waals surface area contributed by atoms with Crippen molar-refractivity contribution in [1.29, 1.82) is 0 Å². The number of carbonyl (C=O) groups excluding carboxylic acids is 1. The molecule has 0 saturated carbocycles. The van der Waals surface area contributed by atoms with Crippen molar-refractivity contribution in [3.05, 3.63) is 75.6 Å². The number of rotatable bonds is 4. The SMILES string of the molecule is CC(=O)Cc1cccc2oc(=O)c(O)c(Cc3ccccc3)c12. The van der Waals surface area contributed by atoms with Gasteiger partial charge in [0, 0.05) is 23.8 Å². The summed E-state index contributed by atoms with van der Waals surface area (Å²) in [5.74, 6) is -0.383. The summed E-state index contributed by atoms with van der Waals surface area (Å²) < 4.78 is 5.18. The van der Waals surface area contributed by atoms with Crippen molar-refractivity contribution in [2.75, 3.05) is 0 Å². The van der Waals surface area contributed by atoms with E-state index in [0.29, 0.717) is 23.0 Å². The number of hydrogen-bond acceptors (Lipinski definition) is 4. The number of aromatic hydroxyl groups is 1. The summed E-state index contributed by atoms with van der Waals surface area (Å²) in [7, 11) is 0. The predicted octanol–water partition coefficient (Wildman–Crippen LogP) is 3.22. The molecule has 1 N–H and O–H groups in total. The van der Waals surface area contributed by atoms with Crippen LogP contribution in [0.3, 0.4) is 0 Å². The Morgan fingerprint density at radius 3 is 2.52 bits per heavy atom. The van der Waals surface area contributed by atoms with Crippen molar-refractivity contribution in [2.45, 2.75) is 19.8 Å². The maximum atomic E-state index is 11.9. The zero-order valence-electron chi connectivity index (χ0n) is 12.7. The molecule has 116 valence electrons. The van der Waals surface area contributed by atoms with Gasteiger partial charge in [-0.2, -0.15) is 0 Å². The fraction of sp³-hybridized carbons (Fsp3) is 0.158. The van der Waals surface area contributed by atoms with Crippen molar-refractivity contribution in [2.24, 2.45) is 0 Å². The maximum Gasteiger partial charge on any atom is 0.379 e. The normalized spacial score (nSPS) is 10.8. The molecular formula is C19H16O4. The summed E-state index contributed by atoms with van der Waals surface area (Å²) >= 11 is 0. The molecule has 3 aromatic rings. The van der Waals surface area contributed by atoms with E-state index >= 15 is 0 Å². The first-order valence-electron chi connectivity index (χ1n) is 7.36. The van der Waals surface area contributed by atoms with Crippen molar-refractivity contribution < 1.29 is 14.3 Å². The highest BCUT2D eigenvalue weighted by molar-refractivity contribution is 5.90. The van der Waals surface area contributed by atoms with Crippen LogP contribution in [0.25, 0.3) is 11.0 Å². The fourth-order valence-corrected chi connectivity index (χ4v) is 2.78. The Balaban J connectivity index is 2.26. The highest BCUT2D eigenvalue weighted by atomic mass is 16.4. The molecule has 0 unspecified atom stereocenters. The molecule has 0 aliphatic heterocycles. The molecule has 4 heteroatoms. The quantitative estimate of drug-likeness (QED) is 0.751. The Bertz CT molecular complexity index is 923. The van der Waals surface area contributed by atoms with Gasteiger partial charge < -0.3 is 9.52 Å². The van der Waals surface area contributed by atoms with Crippen LogP contribution in [0.4, 0.5) is 0 Å². The molecule has 0 bridgehead atoms. The van der Waals surface area contributed by atoms with Crippen LogP contribution in [0.2, 0.25) is 0 Å². The Labute approximate surface area is 133 Å². The van der Waals surface area contributed by atoms with E-state index in [1.54, 1.807) is 12.1 Å². The lowest BCUT2D eigenvalue weighted by molar-refractivity contribution is -0.116. The number of hydrogen-bond donors (Lipinski definition) is 1. The Morgan fingerprint density at radius 1 is 1.09 bits per heavy atom. The van der Waals surface area contributed by atoms with Crippen LogP contribution in [-0.4, -0.2) is 10.9 Å². The minimum absolute atomic E-state index is 0.00820. The van der Waals surface area contributed by atoms with Gasteiger partial charge in [0.15, 0.2) is 0 Å². The van der Waals surface area contributed by atoms with E-state index < -0.39 is 11.4 Å². The van der Waals surface area contributed by atoms with E-state index in [2.05, 4.69) is 0 Å². The van der Waals surface area contributed by atoms with E-state index in [0.717, 1.165) is 11.1 Å². The van der Waals surface area contributed by atoms with E-state index in [-0.39, 0.29) is 12.2 Å². The van der Waals surface area contributed by atoms with Gasteiger partial charge in [-0.25, -0.2) is 4.79 Å². The van der Waals surface area contributed by atoms with Crippen molar-refractivity contribution in [3.8, 4) is 5.75 Å². The van der Waals surface area contributed by atoms with Crippen LogP contribution in [-0.2, 0) is 17.6 Å². The van der Waals surface area contributed by atoms with Gasteiger partial charge in [-0.3, -0.25) is 4.79 Å². The standard InChI is InChI=1S/C19H16O4/c1-12(20)10-14-8-5-9-16-17(14)15(18(21)19(22)23-16)11-13-6-3-2-4-7-13/h2-9,21H,10-11H2,1H3. The molecule has 2 aromatic carbocycles. The average Bonchev–Trinajstić information content (AvgIpc) is 2.52. The zero-order chi connectivity index (χ0) is 16.4. The van der Waals surface area contributed by atoms with Gasteiger partial charge in [0.05, 0.1) is 0 Å². The summed E-state index contributed by atoms with van der Waals surface area (Å²) in [6, 6.07) is 14.8. The molecular weight excluding hydrogens is 292 g/mol. The molecule has 0 saturated heterocycles. The third kappa shape index (κ3) is 3.01. The first kappa shape index (κ1) is 15.0. The number of benzene rings is 2. The minimum Gasteiger partial charge on any atom is -0.502 e. The lowest BCUT2D eigenvalue weighted by Gasteiger charge is -2.11. The predicted molar refractivity (Wildman–Crippen MR) is 87.8 cm³/mol. The molecule has 0 radical (unpaired) electrons. The average molecular weight is 308 g/mol. The van der Waals surface area contributed by atoms with Gasteiger partial charge in [0.2, 0.25) is 5.75 Å². The summed E-state index contributed by atoms with van der Waals surface area (Å²) in [5, 5.41) is 10.9. The lowest BCUT2D eigenvalue weighted by atomic mass is 9.95. The van der Waals surface area contributed by atoms with Gasteiger partial charge in [0.25, 0.3) is 0 Å². The van der Waals surface area contributed by atoms with E-state index in [1.807, 2.05) is 36.4 Å². The Morgan fingerprint density at radius 2 is 1.83 bits per heavy atom. The molecule has 4 nitrogen and oxygen atoms in total. The zero-order valence-corrected chi connectivity index (χ0v) is 12.7.